The van der Waals surface area contributed by atoms with Crippen LogP contribution in [0.15, 0.2) is 53.9 Å². The van der Waals surface area contributed by atoms with Crippen molar-refractivity contribution in [3.8, 4) is 0 Å². The Kier molecular flexibility index (Phi) is 4.40. The molecule has 0 saturated carbocycles. The van der Waals surface area contributed by atoms with E-state index in [0.717, 1.165) is 9.13 Å². The molecule has 0 unspecified atom stereocenters. The number of nitrogens with zero attached hydrogens (tertiary/aromatic N) is 2. The Morgan fingerprint density at radius 2 is 1.83 bits per heavy atom. The van der Waals surface area contributed by atoms with E-state index in [0.29, 0.717) is 5.56 Å². The van der Waals surface area contributed by atoms with Gasteiger partial charge in [0.15, 0.2) is 0 Å². The third kappa shape index (κ3) is 3.63. The van der Waals surface area contributed by atoms with E-state index in [4.69, 9.17) is 0 Å². The summed E-state index contributed by atoms with van der Waals surface area (Å²) in [6.07, 6.45) is 4.74. The van der Waals surface area contributed by atoms with Crippen LogP contribution in [0.4, 0.5) is 0 Å². The average Bonchev–Trinajstić information content (AvgIpc) is 2.42. The molecule has 5 heteroatoms. The molecular weight excluding hydrogens is 341 g/mol. The second-order valence-electron chi connectivity index (χ2n) is 3.49. The third-order valence-corrected chi connectivity index (χ3v) is 2.91. The lowest BCUT2D eigenvalue weighted by Crippen LogP contribution is -2.17. The van der Waals surface area contributed by atoms with Gasteiger partial charge < -0.3 is 0 Å². The molecular formula is C13H10IN3O. The fraction of sp³-hybridized carbons (Fsp3) is 0. The number of carbonyl (C=O) groups is 1. The van der Waals surface area contributed by atoms with Gasteiger partial charge in [-0.2, -0.15) is 5.10 Å². The van der Waals surface area contributed by atoms with E-state index in [-0.39, 0.29) is 5.91 Å². The molecule has 1 aromatic carbocycles. The lowest BCUT2D eigenvalue weighted by molar-refractivity contribution is 0.0955. The molecule has 0 saturated heterocycles. The molecule has 0 aliphatic heterocycles. The minimum atomic E-state index is -0.251. The number of rotatable bonds is 3. The van der Waals surface area contributed by atoms with Gasteiger partial charge >= 0.3 is 0 Å². The third-order valence-electron chi connectivity index (χ3n) is 2.19. The molecule has 4 nitrogen and oxygen atoms in total. The summed E-state index contributed by atoms with van der Waals surface area (Å²) >= 11 is 2.23. The van der Waals surface area contributed by atoms with Crippen molar-refractivity contribution in [2.45, 2.75) is 0 Å². The number of hydrogen-bond acceptors (Lipinski definition) is 3. The average molecular weight is 351 g/mol. The van der Waals surface area contributed by atoms with Gasteiger partial charge in [-0.3, -0.25) is 9.78 Å². The predicted molar refractivity (Wildman–Crippen MR) is 78.5 cm³/mol. The summed E-state index contributed by atoms with van der Waals surface area (Å²) in [5, 5.41) is 3.90. The first-order valence-electron chi connectivity index (χ1n) is 5.25. The van der Waals surface area contributed by atoms with E-state index in [9.17, 15) is 4.79 Å². The summed E-state index contributed by atoms with van der Waals surface area (Å²) in [4.78, 5) is 15.5. The zero-order valence-electron chi connectivity index (χ0n) is 9.38. The van der Waals surface area contributed by atoms with Gasteiger partial charge in [0.05, 0.1) is 6.21 Å². The van der Waals surface area contributed by atoms with Gasteiger partial charge in [-0.25, -0.2) is 5.43 Å². The van der Waals surface area contributed by atoms with Crippen LogP contribution >= 0.6 is 22.6 Å². The second kappa shape index (κ2) is 6.25. The molecule has 0 aliphatic rings. The summed E-state index contributed by atoms with van der Waals surface area (Å²) < 4.78 is 1.16. The maximum absolute atomic E-state index is 11.6. The van der Waals surface area contributed by atoms with Gasteiger partial charge in [-0.1, -0.05) is 12.1 Å². The number of pyridine rings is 1. The minimum Gasteiger partial charge on any atom is -0.267 e. The molecule has 0 fully saturated rings. The lowest BCUT2D eigenvalue weighted by atomic mass is 10.2. The quantitative estimate of drug-likeness (QED) is 0.525. The number of hydrogen-bond donors (Lipinski definition) is 1. The normalized spacial score (nSPS) is 10.5. The van der Waals surface area contributed by atoms with Gasteiger partial charge in [0, 0.05) is 21.5 Å². The molecule has 1 aromatic heterocycles. The van der Waals surface area contributed by atoms with Crippen LogP contribution in [0.5, 0.6) is 0 Å². The van der Waals surface area contributed by atoms with Crippen LogP contribution in [0.2, 0.25) is 0 Å². The molecule has 1 heterocycles. The largest absolute Gasteiger partial charge is 0.271 e. The summed E-state index contributed by atoms with van der Waals surface area (Å²) in [6.45, 7) is 0. The van der Waals surface area contributed by atoms with Crippen molar-refractivity contribution in [2.24, 2.45) is 5.10 Å². The van der Waals surface area contributed by atoms with Crippen LogP contribution in [0.3, 0.4) is 0 Å². The first-order valence-corrected chi connectivity index (χ1v) is 6.32. The highest BCUT2D eigenvalue weighted by atomic mass is 127. The van der Waals surface area contributed by atoms with Crippen LogP contribution < -0.4 is 5.43 Å². The highest BCUT2D eigenvalue weighted by molar-refractivity contribution is 14.1. The van der Waals surface area contributed by atoms with Crippen LogP contribution in [0.1, 0.15) is 15.9 Å². The molecule has 0 bridgehead atoms. The zero-order chi connectivity index (χ0) is 12.8. The Hall–Kier alpha value is -1.76. The lowest BCUT2D eigenvalue weighted by Gasteiger charge is -1.98. The number of hydrazone groups is 1. The number of aromatic nitrogens is 1. The Morgan fingerprint density at radius 1 is 1.17 bits per heavy atom. The van der Waals surface area contributed by atoms with Crippen LogP contribution in [-0.2, 0) is 0 Å². The van der Waals surface area contributed by atoms with Crippen LogP contribution in [-0.4, -0.2) is 17.1 Å². The topological polar surface area (TPSA) is 54.4 Å². The second-order valence-corrected chi connectivity index (χ2v) is 4.73. The summed E-state index contributed by atoms with van der Waals surface area (Å²) in [6, 6.07) is 11.1. The van der Waals surface area contributed by atoms with Crippen molar-refractivity contribution in [3.63, 3.8) is 0 Å². The number of benzene rings is 1. The van der Waals surface area contributed by atoms with E-state index in [1.807, 2.05) is 24.3 Å². The van der Waals surface area contributed by atoms with Crippen molar-refractivity contribution in [3.05, 3.63) is 63.5 Å². The Morgan fingerprint density at radius 3 is 2.50 bits per heavy atom. The summed E-state index contributed by atoms with van der Waals surface area (Å²) in [5.41, 5.74) is 3.93. The summed E-state index contributed by atoms with van der Waals surface area (Å²) in [7, 11) is 0. The molecule has 1 amide bonds. The first-order chi connectivity index (χ1) is 8.75. The van der Waals surface area contributed by atoms with Crippen LogP contribution in [0.25, 0.3) is 0 Å². The summed E-state index contributed by atoms with van der Waals surface area (Å²) in [5.74, 6) is -0.251. The molecule has 0 atom stereocenters. The van der Waals surface area contributed by atoms with E-state index < -0.39 is 0 Å². The first kappa shape index (κ1) is 12.7. The van der Waals surface area contributed by atoms with Gasteiger partial charge in [0.2, 0.25) is 0 Å². The van der Waals surface area contributed by atoms with Crippen molar-refractivity contribution < 1.29 is 4.79 Å². The maximum Gasteiger partial charge on any atom is 0.271 e. The fourth-order valence-corrected chi connectivity index (χ4v) is 1.64. The van der Waals surface area contributed by atoms with E-state index in [1.165, 1.54) is 0 Å². The molecule has 1 N–H and O–H groups in total. The number of halogens is 1. The van der Waals surface area contributed by atoms with Crippen molar-refractivity contribution >= 4 is 34.7 Å². The molecule has 2 rings (SSSR count). The fourth-order valence-electron chi connectivity index (χ4n) is 1.28. The van der Waals surface area contributed by atoms with Crippen molar-refractivity contribution in [1.82, 2.24) is 10.4 Å². The van der Waals surface area contributed by atoms with Gasteiger partial charge in [0.1, 0.15) is 0 Å². The van der Waals surface area contributed by atoms with Gasteiger partial charge in [-0.05, 0) is 52.4 Å². The monoisotopic (exact) mass is 351 g/mol. The highest BCUT2D eigenvalue weighted by Gasteiger charge is 2.01. The SMILES string of the molecule is O=C(N/N=C/c1ccc(I)cc1)c1ccncc1. The van der Waals surface area contributed by atoms with E-state index in [2.05, 4.69) is 38.1 Å². The molecule has 0 aliphatic carbocycles. The molecule has 90 valence electrons. The standard InChI is InChI=1S/C13H10IN3O/c14-12-3-1-10(2-4-12)9-16-17-13(18)11-5-7-15-8-6-11/h1-9H,(H,17,18)/b16-9+. The Labute approximate surface area is 118 Å². The van der Waals surface area contributed by atoms with E-state index in [1.54, 1.807) is 30.7 Å². The van der Waals surface area contributed by atoms with Crippen LogP contribution in [0, 0.1) is 3.57 Å². The molecule has 0 radical (unpaired) electrons. The zero-order valence-corrected chi connectivity index (χ0v) is 11.5. The Balaban J connectivity index is 1.96. The number of carbonyl (C=O) groups excluding carboxylic acids is 1. The smallest absolute Gasteiger partial charge is 0.267 e. The van der Waals surface area contributed by atoms with Gasteiger partial charge in [0.25, 0.3) is 5.91 Å². The van der Waals surface area contributed by atoms with E-state index >= 15 is 0 Å². The highest BCUT2D eigenvalue weighted by Crippen LogP contribution is 2.04. The Bertz CT molecular complexity index is 552. The number of nitrogens with one attached hydrogen (secondary N) is 1. The molecule has 18 heavy (non-hydrogen) atoms. The van der Waals surface area contributed by atoms with Crippen molar-refractivity contribution in [2.75, 3.05) is 0 Å². The van der Waals surface area contributed by atoms with Crippen molar-refractivity contribution in [1.29, 1.82) is 0 Å². The number of amides is 1. The predicted octanol–water partition coefficient (Wildman–Crippen LogP) is 2.45. The molecule has 0 spiro atoms. The molecule has 2 aromatic rings. The maximum atomic E-state index is 11.6. The van der Waals surface area contributed by atoms with Gasteiger partial charge in [-0.15, -0.1) is 0 Å². The minimum absolute atomic E-state index is 0.251.